The van der Waals surface area contributed by atoms with E-state index in [0.717, 1.165) is 32.2 Å². The Hall–Kier alpha value is -1.97. The van der Waals surface area contributed by atoms with Crippen LogP contribution in [-0.4, -0.2) is 26.7 Å². The van der Waals surface area contributed by atoms with Crippen molar-refractivity contribution in [3.8, 4) is 11.5 Å². The minimum absolute atomic E-state index is 0.0540. The number of hydrogen-bond acceptors (Lipinski definition) is 5. The molecule has 0 aliphatic rings. The molecule has 1 atom stereocenters. The fraction of sp³-hybridized carbons (Fsp3) is 0.235. The van der Waals surface area contributed by atoms with E-state index in [1.54, 1.807) is 0 Å². The first-order valence-electron chi connectivity index (χ1n) is 7.53. The average Bonchev–Trinajstić information content (AvgIpc) is 2.62. The number of esters is 1. The Morgan fingerprint density at radius 1 is 1.07 bits per heavy atom. The molecule has 28 heavy (non-hydrogen) atoms. The second-order valence-corrected chi connectivity index (χ2v) is 8.60. The van der Waals surface area contributed by atoms with Gasteiger partial charge >= 0.3 is 12.1 Å². The van der Waals surface area contributed by atoms with Crippen LogP contribution in [0.25, 0.3) is 0 Å². The molecule has 2 aromatic rings. The maximum atomic E-state index is 12.7. The smallest absolute Gasteiger partial charge is 0.416 e. The molecule has 0 aliphatic heterocycles. The monoisotopic (exact) mass is 456 g/mol. The number of carbonyl (C=O) groups is 1. The molecule has 0 radical (unpaired) electrons. The van der Waals surface area contributed by atoms with Crippen LogP contribution >= 0.6 is 23.2 Å². The summed E-state index contributed by atoms with van der Waals surface area (Å²) in [5.74, 6) is -1.16. The lowest BCUT2D eigenvalue weighted by atomic mass is 10.2. The summed E-state index contributed by atoms with van der Waals surface area (Å²) in [6.45, 7) is 1.14. The van der Waals surface area contributed by atoms with E-state index in [4.69, 9.17) is 27.9 Å². The fourth-order valence-corrected chi connectivity index (χ4v) is 4.15. The molecule has 0 aromatic heterocycles. The number of sulfone groups is 1. The summed E-state index contributed by atoms with van der Waals surface area (Å²) in [5, 5.41) is -2.02. The van der Waals surface area contributed by atoms with Crippen molar-refractivity contribution >= 4 is 39.0 Å². The van der Waals surface area contributed by atoms with Crippen LogP contribution in [0.5, 0.6) is 11.5 Å². The zero-order valence-electron chi connectivity index (χ0n) is 14.4. The van der Waals surface area contributed by atoms with Gasteiger partial charge < -0.3 is 9.47 Å². The standard InChI is InChI=1S/C17H13Cl2F3O5S/c1-9(16(23)26-2)28(24,25)15-8-11(4-5-12(15)18)27-14-6-3-10(7-13(14)19)17(20,21)22/h3-9H,1-2H3. The van der Waals surface area contributed by atoms with Crippen LogP contribution in [0, 0.1) is 0 Å². The predicted molar refractivity (Wildman–Crippen MR) is 96.6 cm³/mol. The van der Waals surface area contributed by atoms with Crippen molar-refractivity contribution in [2.45, 2.75) is 23.2 Å². The summed E-state index contributed by atoms with van der Waals surface area (Å²) in [6, 6.07) is 6.03. The Kier molecular flexibility index (Phi) is 6.52. The minimum Gasteiger partial charge on any atom is -0.468 e. The molecule has 2 aromatic carbocycles. The molecule has 0 N–H and O–H groups in total. The van der Waals surface area contributed by atoms with Crippen molar-refractivity contribution in [1.29, 1.82) is 0 Å². The summed E-state index contributed by atoms with van der Waals surface area (Å²) < 4.78 is 73.1. The van der Waals surface area contributed by atoms with Crippen LogP contribution in [0.4, 0.5) is 13.2 Å². The molecule has 0 heterocycles. The molecule has 0 aliphatic carbocycles. The van der Waals surface area contributed by atoms with Gasteiger partial charge in [0, 0.05) is 6.07 Å². The highest BCUT2D eigenvalue weighted by atomic mass is 35.5. The fourth-order valence-electron chi connectivity index (χ4n) is 2.14. The maximum absolute atomic E-state index is 12.7. The van der Waals surface area contributed by atoms with Gasteiger partial charge in [-0.2, -0.15) is 13.2 Å². The first kappa shape index (κ1) is 22.3. The number of benzene rings is 2. The Balaban J connectivity index is 2.40. The minimum atomic E-state index is -4.58. The number of halogens is 5. The van der Waals surface area contributed by atoms with E-state index in [-0.39, 0.29) is 21.5 Å². The van der Waals surface area contributed by atoms with Crippen LogP contribution in [0.3, 0.4) is 0 Å². The normalized spacial score (nSPS) is 13.1. The predicted octanol–water partition coefficient (Wildman–Crippen LogP) is 5.14. The van der Waals surface area contributed by atoms with Crippen molar-refractivity contribution in [2.24, 2.45) is 0 Å². The summed E-state index contributed by atoms with van der Waals surface area (Å²) in [7, 11) is -3.16. The molecule has 5 nitrogen and oxygen atoms in total. The van der Waals surface area contributed by atoms with Crippen LogP contribution in [-0.2, 0) is 25.5 Å². The van der Waals surface area contributed by atoms with Gasteiger partial charge in [0.1, 0.15) is 11.5 Å². The van der Waals surface area contributed by atoms with Gasteiger partial charge in [0.15, 0.2) is 15.1 Å². The van der Waals surface area contributed by atoms with Gasteiger partial charge in [0.2, 0.25) is 0 Å². The number of carbonyl (C=O) groups excluding carboxylic acids is 1. The number of ether oxygens (including phenoxy) is 2. The van der Waals surface area contributed by atoms with E-state index >= 15 is 0 Å². The molecular weight excluding hydrogens is 444 g/mol. The van der Waals surface area contributed by atoms with E-state index in [9.17, 15) is 26.4 Å². The largest absolute Gasteiger partial charge is 0.468 e. The molecule has 0 amide bonds. The van der Waals surface area contributed by atoms with Crippen LogP contribution in [0.15, 0.2) is 41.3 Å². The third-order valence-corrected chi connectivity index (χ3v) is 6.51. The third-order valence-electron chi connectivity index (χ3n) is 3.69. The molecule has 0 fully saturated rings. The lowest BCUT2D eigenvalue weighted by molar-refractivity contribution is -0.140. The molecule has 2 rings (SSSR count). The zero-order chi connectivity index (χ0) is 21.3. The highest BCUT2D eigenvalue weighted by molar-refractivity contribution is 7.92. The number of methoxy groups -OCH3 is 1. The Morgan fingerprint density at radius 2 is 1.71 bits per heavy atom. The number of alkyl halides is 3. The Bertz CT molecular complexity index is 1010. The van der Waals surface area contributed by atoms with Crippen molar-refractivity contribution in [2.75, 3.05) is 7.11 Å². The van der Waals surface area contributed by atoms with Gasteiger partial charge in [0.25, 0.3) is 0 Å². The van der Waals surface area contributed by atoms with E-state index in [0.29, 0.717) is 6.07 Å². The average molecular weight is 457 g/mol. The van der Waals surface area contributed by atoms with Gasteiger partial charge in [0.05, 0.1) is 27.6 Å². The summed E-state index contributed by atoms with van der Waals surface area (Å²) >= 11 is 11.8. The zero-order valence-corrected chi connectivity index (χ0v) is 16.7. The van der Waals surface area contributed by atoms with Gasteiger partial charge in [-0.15, -0.1) is 0 Å². The first-order valence-corrected chi connectivity index (χ1v) is 9.84. The summed E-state index contributed by atoms with van der Waals surface area (Å²) in [5.41, 5.74) is -0.962. The summed E-state index contributed by atoms with van der Waals surface area (Å²) in [4.78, 5) is 11.2. The van der Waals surface area contributed by atoms with Gasteiger partial charge in [-0.3, -0.25) is 4.79 Å². The highest BCUT2D eigenvalue weighted by Crippen LogP contribution is 2.37. The Labute approximate surface area is 168 Å². The molecule has 0 bridgehead atoms. The summed E-state index contributed by atoms with van der Waals surface area (Å²) in [6.07, 6.45) is -4.58. The molecule has 0 spiro atoms. The SMILES string of the molecule is COC(=O)C(C)S(=O)(=O)c1cc(Oc2ccc(C(F)(F)F)cc2Cl)ccc1Cl. The topological polar surface area (TPSA) is 69.7 Å². The second-order valence-electron chi connectivity index (χ2n) is 5.55. The molecule has 0 saturated carbocycles. The molecule has 11 heteroatoms. The second kappa shape index (κ2) is 8.18. The van der Waals surface area contributed by atoms with Crippen molar-refractivity contribution in [3.05, 3.63) is 52.0 Å². The van der Waals surface area contributed by atoms with E-state index in [1.807, 2.05) is 0 Å². The van der Waals surface area contributed by atoms with Gasteiger partial charge in [-0.25, -0.2) is 8.42 Å². The maximum Gasteiger partial charge on any atom is 0.416 e. The van der Waals surface area contributed by atoms with Crippen molar-refractivity contribution in [1.82, 2.24) is 0 Å². The van der Waals surface area contributed by atoms with Gasteiger partial charge in [-0.1, -0.05) is 23.2 Å². The lowest BCUT2D eigenvalue weighted by Gasteiger charge is -2.14. The number of hydrogen-bond donors (Lipinski definition) is 0. The third kappa shape index (κ3) is 4.71. The van der Waals surface area contributed by atoms with Crippen LogP contribution in [0.2, 0.25) is 10.0 Å². The molecular formula is C17H13Cl2F3O5S. The van der Waals surface area contributed by atoms with Gasteiger partial charge in [-0.05, 0) is 37.3 Å². The molecule has 1 unspecified atom stereocenters. The van der Waals surface area contributed by atoms with Crippen LogP contribution < -0.4 is 4.74 Å². The van der Waals surface area contributed by atoms with E-state index < -0.39 is 37.7 Å². The highest BCUT2D eigenvalue weighted by Gasteiger charge is 2.33. The Morgan fingerprint density at radius 3 is 2.25 bits per heavy atom. The van der Waals surface area contributed by atoms with Crippen molar-refractivity contribution in [3.63, 3.8) is 0 Å². The number of rotatable bonds is 5. The molecule has 152 valence electrons. The lowest BCUT2D eigenvalue weighted by Crippen LogP contribution is -2.28. The van der Waals surface area contributed by atoms with Crippen LogP contribution in [0.1, 0.15) is 12.5 Å². The first-order chi connectivity index (χ1) is 12.9. The van der Waals surface area contributed by atoms with E-state index in [2.05, 4.69) is 4.74 Å². The van der Waals surface area contributed by atoms with E-state index in [1.165, 1.54) is 12.1 Å². The van der Waals surface area contributed by atoms with Crippen molar-refractivity contribution < 1.29 is 35.9 Å². The molecule has 0 saturated heterocycles. The quantitative estimate of drug-likeness (QED) is 0.582.